The van der Waals surface area contributed by atoms with E-state index in [1.807, 2.05) is 13.8 Å². The van der Waals surface area contributed by atoms with Crippen LogP contribution >= 0.6 is 0 Å². The molecule has 7 aromatic carbocycles. The van der Waals surface area contributed by atoms with E-state index >= 15 is 0 Å². The van der Waals surface area contributed by atoms with Crippen LogP contribution in [0.5, 0.6) is 5.75 Å². The Labute approximate surface area is 416 Å². The average Bonchev–Trinajstić information content (AvgIpc) is 3.84. The molecule has 5 heterocycles. The number of hydrogen-bond acceptors (Lipinski definition) is 1. The van der Waals surface area contributed by atoms with Crippen molar-refractivity contribution in [3.05, 3.63) is 191 Å². The Balaban J connectivity index is 1.20. The number of aromatic nitrogens is 3. The highest BCUT2D eigenvalue weighted by Crippen LogP contribution is 2.56. The van der Waals surface area contributed by atoms with Gasteiger partial charge in [-0.05, 0) is 145 Å². The first-order chi connectivity index (χ1) is 33.9. The Hall–Kier alpha value is -7.04. The summed E-state index contributed by atoms with van der Waals surface area (Å²) in [6.45, 7) is 26.9. The molecule has 0 saturated heterocycles. The number of nitrogens with zero attached hydrogens (tertiary/aromatic N) is 3. The van der Waals surface area contributed by atoms with Crippen molar-refractivity contribution in [2.24, 2.45) is 0 Å². The van der Waals surface area contributed by atoms with Gasteiger partial charge in [0.25, 0.3) is 0 Å². The lowest BCUT2D eigenvalue weighted by atomic mass is 9.84. The van der Waals surface area contributed by atoms with Crippen LogP contribution < -0.4 is 13.9 Å². The van der Waals surface area contributed by atoms with E-state index in [0.717, 1.165) is 61.8 Å². The molecule has 0 saturated carbocycles. The van der Waals surface area contributed by atoms with Gasteiger partial charge in [0.05, 0.1) is 5.56 Å². The lowest BCUT2D eigenvalue weighted by Gasteiger charge is -2.34. The number of ether oxygens (including phenoxy) is 1. The monoisotopic (exact) mass is 917 g/mol. The first kappa shape index (κ1) is 43.0. The fraction of sp³-hybridized carbons (Fsp3) is 0.273. The van der Waals surface area contributed by atoms with Crippen LogP contribution in [0.1, 0.15) is 140 Å². The molecule has 0 amide bonds. The largest absolute Gasteiger partial charge is 0.499 e. The number of aryl methyl sites for hydroxylation is 1. The van der Waals surface area contributed by atoms with Crippen molar-refractivity contribution >= 4 is 11.0 Å². The van der Waals surface area contributed by atoms with Gasteiger partial charge in [-0.1, -0.05) is 167 Å². The second-order valence-corrected chi connectivity index (χ2v) is 22.4. The van der Waals surface area contributed by atoms with Crippen molar-refractivity contribution in [1.82, 2.24) is 4.57 Å². The molecule has 12 rings (SSSR count). The summed E-state index contributed by atoms with van der Waals surface area (Å²) in [4.78, 5) is 0. The summed E-state index contributed by atoms with van der Waals surface area (Å²) in [6.07, 6.45) is 2.29. The van der Waals surface area contributed by atoms with Crippen molar-refractivity contribution in [3.63, 3.8) is 0 Å². The lowest BCUT2D eigenvalue weighted by molar-refractivity contribution is -0.997. The molecule has 0 bridgehead atoms. The summed E-state index contributed by atoms with van der Waals surface area (Å²) in [5, 5.41) is 0. The molecular weight excluding hydrogens is 851 g/mol. The molecular formula is C66H65N3O+2. The van der Waals surface area contributed by atoms with Gasteiger partial charge in [-0.2, -0.15) is 4.57 Å². The molecule has 4 nitrogen and oxygen atoms in total. The summed E-state index contributed by atoms with van der Waals surface area (Å²) in [7, 11) is 0. The minimum atomic E-state index is -1.09. The van der Waals surface area contributed by atoms with E-state index in [4.69, 9.17) is 4.74 Å². The van der Waals surface area contributed by atoms with Gasteiger partial charge < -0.3 is 4.74 Å². The van der Waals surface area contributed by atoms with E-state index in [9.17, 15) is 1.37 Å². The van der Waals surface area contributed by atoms with E-state index < -0.39 is 11.7 Å². The first-order valence-corrected chi connectivity index (χ1v) is 25.5. The number of pyridine rings is 1. The van der Waals surface area contributed by atoms with E-state index in [1.54, 1.807) is 0 Å². The molecule has 70 heavy (non-hydrogen) atoms. The highest BCUT2D eigenvalue weighted by molar-refractivity contribution is 5.99. The van der Waals surface area contributed by atoms with Gasteiger partial charge >= 0.3 is 11.7 Å². The fourth-order valence-corrected chi connectivity index (χ4v) is 12.0. The van der Waals surface area contributed by atoms with Crippen LogP contribution in [0, 0.1) is 6.92 Å². The quantitative estimate of drug-likeness (QED) is 0.139. The normalized spacial score (nSPS) is 15.6. The van der Waals surface area contributed by atoms with Gasteiger partial charge in [0, 0.05) is 24.6 Å². The number of hydrogen-bond donors (Lipinski definition) is 0. The van der Waals surface area contributed by atoms with Crippen LogP contribution in [-0.2, 0) is 11.3 Å². The zero-order chi connectivity index (χ0) is 49.6. The van der Waals surface area contributed by atoms with E-state index in [0.29, 0.717) is 11.8 Å². The van der Waals surface area contributed by atoms with E-state index in [-0.39, 0.29) is 11.3 Å². The Morgan fingerprint density at radius 2 is 1.26 bits per heavy atom. The molecule has 1 atom stereocenters. The summed E-state index contributed by atoms with van der Waals surface area (Å²) in [5.74, 6) is 0.984. The third-order valence-electron chi connectivity index (χ3n) is 15.6. The van der Waals surface area contributed by atoms with Crippen molar-refractivity contribution in [2.45, 2.75) is 118 Å². The third-order valence-corrected chi connectivity index (χ3v) is 15.6. The molecule has 1 unspecified atom stereocenters. The lowest BCUT2D eigenvalue weighted by Crippen LogP contribution is -2.78. The maximum atomic E-state index is 9.29. The molecule has 1 spiro atoms. The molecule has 348 valence electrons. The molecule has 0 radical (unpaired) electrons. The van der Waals surface area contributed by atoms with Crippen LogP contribution in [0.2, 0.25) is 0 Å². The van der Waals surface area contributed by atoms with Crippen LogP contribution in [-0.4, -0.2) is 4.57 Å². The number of fused-ring (bicyclic) bond motifs is 5. The standard InChI is InChI=1S/C66H65N3O/c1-38(2)47-33-53(41(7)8)63-56(34-47)64-68(57-29-26-46(32-42(57)9)60-50(39(3)4)20-16-21-51(60)40(5)6)58-23-17-22-52-54-35-48(43-18-14-13-15-19-43)36-55-59-37-45(44-24-27-49(28-25-44)65(10,11)12)30-31-67(59)66(70-63,61(54)55)69(64)62(52)58/h13-41H,1-12H3/q+2/i39D. The molecule has 0 fully saturated rings. The zero-order valence-corrected chi connectivity index (χ0v) is 42.9. The SMILES string of the molecule is [2H]C(C)(C)c1cccc(C(C)C)c1-c1ccc(-n2c3[n+]4c5c(cccc52)-c2cc(-c5ccccc5)cc5c2C4(Oc2c-3cc(C(C)C)cc2C(C)C)[n+]2ccc(-c3ccc(C(C)(C)C)cc3)cc2-5)c(C)c1. The molecule has 2 aromatic heterocycles. The second kappa shape index (κ2) is 15.7. The minimum Gasteiger partial charge on any atom is -0.392 e. The summed E-state index contributed by atoms with van der Waals surface area (Å²) in [6, 6.07) is 54.8. The maximum Gasteiger partial charge on any atom is 0.499 e. The van der Waals surface area contributed by atoms with Crippen LogP contribution in [0.15, 0.2) is 152 Å². The van der Waals surface area contributed by atoms with Crippen molar-refractivity contribution in [3.8, 4) is 78.6 Å². The van der Waals surface area contributed by atoms with E-state index in [1.165, 1.54) is 66.8 Å². The fourth-order valence-electron chi connectivity index (χ4n) is 12.0. The Morgan fingerprint density at radius 1 is 0.571 bits per heavy atom. The van der Waals surface area contributed by atoms with Crippen molar-refractivity contribution in [2.75, 3.05) is 0 Å². The van der Waals surface area contributed by atoms with Gasteiger partial charge in [-0.3, -0.25) is 0 Å². The number of para-hydroxylation sites is 1. The van der Waals surface area contributed by atoms with Crippen molar-refractivity contribution in [1.29, 1.82) is 0 Å². The molecule has 3 aliphatic heterocycles. The van der Waals surface area contributed by atoms with Gasteiger partial charge in [-0.25, -0.2) is 0 Å². The van der Waals surface area contributed by atoms with Crippen LogP contribution in [0.25, 0.3) is 83.9 Å². The smallest absolute Gasteiger partial charge is 0.392 e. The third kappa shape index (κ3) is 6.34. The predicted octanol–water partition coefficient (Wildman–Crippen LogP) is 16.5. The van der Waals surface area contributed by atoms with Crippen LogP contribution in [0.3, 0.4) is 0 Å². The Bertz CT molecular complexity index is 3670. The Kier molecular flexibility index (Phi) is 9.67. The molecule has 0 aliphatic carbocycles. The highest BCUT2D eigenvalue weighted by Gasteiger charge is 2.69. The first-order valence-electron chi connectivity index (χ1n) is 26.0. The predicted molar refractivity (Wildman–Crippen MR) is 289 cm³/mol. The number of imidazole rings is 1. The molecule has 4 heteroatoms. The van der Waals surface area contributed by atoms with Crippen LogP contribution in [0.4, 0.5) is 0 Å². The maximum absolute atomic E-state index is 9.29. The molecule has 0 N–H and O–H groups in total. The summed E-state index contributed by atoms with van der Waals surface area (Å²) in [5.41, 5.74) is 24.8. The zero-order valence-electron chi connectivity index (χ0n) is 43.9. The number of rotatable bonds is 8. The van der Waals surface area contributed by atoms with Gasteiger partial charge in [0.2, 0.25) is 5.69 Å². The van der Waals surface area contributed by atoms with E-state index in [2.05, 4.69) is 235 Å². The Morgan fingerprint density at radius 3 is 1.94 bits per heavy atom. The molecule has 9 aromatic rings. The van der Waals surface area contributed by atoms with Gasteiger partial charge in [-0.15, -0.1) is 9.13 Å². The number of benzene rings is 7. The summed E-state index contributed by atoms with van der Waals surface area (Å²) >= 11 is 0. The highest BCUT2D eigenvalue weighted by atomic mass is 16.5. The average molecular weight is 917 g/mol. The second-order valence-electron chi connectivity index (χ2n) is 22.4. The van der Waals surface area contributed by atoms with Gasteiger partial charge in [0.15, 0.2) is 23.0 Å². The minimum absolute atomic E-state index is 0.0604. The molecule has 3 aliphatic rings. The topological polar surface area (TPSA) is 21.9 Å². The summed E-state index contributed by atoms with van der Waals surface area (Å²) < 4.78 is 25.0. The van der Waals surface area contributed by atoms with Crippen molar-refractivity contribution < 1.29 is 15.2 Å². The van der Waals surface area contributed by atoms with Gasteiger partial charge in [0.1, 0.15) is 16.8 Å².